The Labute approximate surface area is 107 Å². The van der Waals surface area contributed by atoms with Crippen LogP contribution in [0.4, 0.5) is 0 Å². The van der Waals surface area contributed by atoms with Gasteiger partial charge in [-0.3, -0.25) is 9.59 Å². The molecule has 2 atom stereocenters. The molecule has 1 rings (SSSR count). The zero-order valence-electron chi connectivity index (χ0n) is 10.3. The van der Waals surface area contributed by atoms with E-state index >= 15 is 0 Å². The number of rotatable bonds is 4. The summed E-state index contributed by atoms with van der Waals surface area (Å²) in [5.74, 6) is -0.157. The number of hydrogen-bond acceptors (Lipinski definition) is 4. The summed E-state index contributed by atoms with van der Waals surface area (Å²) in [4.78, 5) is 22.9. The van der Waals surface area contributed by atoms with E-state index in [1.54, 1.807) is 0 Å². The summed E-state index contributed by atoms with van der Waals surface area (Å²) in [5.41, 5.74) is -0.338. The van der Waals surface area contributed by atoms with E-state index in [1.807, 2.05) is 6.92 Å². The highest BCUT2D eigenvalue weighted by molar-refractivity contribution is 7.80. The molecule has 1 fully saturated rings. The predicted molar refractivity (Wildman–Crippen MR) is 68.1 cm³/mol. The molecule has 1 saturated heterocycles. The van der Waals surface area contributed by atoms with Crippen LogP contribution in [0.25, 0.3) is 0 Å². The molecule has 17 heavy (non-hydrogen) atoms. The SMILES string of the molecule is CC(=O)NC(CS)C(=O)NC1(C)CCCOC1. The fourth-order valence-electron chi connectivity index (χ4n) is 1.86. The van der Waals surface area contributed by atoms with Gasteiger partial charge in [-0.05, 0) is 19.8 Å². The quantitative estimate of drug-likeness (QED) is 0.628. The Kier molecular flexibility index (Phi) is 5.27. The Hall–Kier alpha value is -0.750. The molecule has 1 aliphatic heterocycles. The second-order valence-electron chi connectivity index (χ2n) is 4.64. The Morgan fingerprint density at radius 1 is 1.53 bits per heavy atom. The van der Waals surface area contributed by atoms with Crippen molar-refractivity contribution in [3.05, 3.63) is 0 Å². The topological polar surface area (TPSA) is 67.4 Å². The molecule has 0 aromatic carbocycles. The Morgan fingerprint density at radius 3 is 2.71 bits per heavy atom. The van der Waals surface area contributed by atoms with Crippen molar-refractivity contribution < 1.29 is 14.3 Å². The largest absolute Gasteiger partial charge is 0.379 e. The molecule has 2 N–H and O–H groups in total. The minimum atomic E-state index is -0.588. The van der Waals surface area contributed by atoms with Gasteiger partial charge in [0.2, 0.25) is 11.8 Å². The van der Waals surface area contributed by atoms with Crippen LogP contribution in [0.2, 0.25) is 0 Å². The first-order chi connectivity index (χ1) is 7.97. The molecule has 2 amide bonds. The first kappa shape index (κ1) is 14.3. The van der Waals surface area contributed by atoms with E-state index in [2.05, 4.69) is 23.3 Å². The van der Waals surface area contributed by atoms with Crippen LogP contribution < -0.4 is 10.6 Å². The molecular formula is C11H20N2O3S. The van der Waals surface area contributed by atoms with E-state index in [0.29, 0.717) is 6.61 Å². The van der Waals surface area contributed by atoms with Crippen molar-refractivity contribution in [3.8, 4) is 0 Å². The summed E-state index contributed by atoms with van der Waals surface area (Å²) in [6, 6.07) is -0.588. The number of hydrogen-bond donors (Lipinski definition) is 3. The van der Waals surface area contributed by atoms with Gasteiger partial charge in [0.15, 0.2) is 0 Å². The van der Waals surface area contributed by atoms with Crippen molar-refractivity contribution in [2.45, 2.75) is 38.3 Å². The van der Waals surface area contributed by atoms with Crippen LogP contribution in [0.3, 0.4) is 0 Å². The van der Waals surface area contributed by atoms with E-state index in [9.17, 15) is 9.59 Å². The Balaban J connectivity index is 2.53. The van der Waals surface area contributed by atoms with Crippen LogP contribution >= 0.6 is 12.6 Å². The minimum absolute atomic E-state index is 0.205. The smallest absolute Gasteiger partial charge is 0.243 e. The average Bonchev–Trinajstić information content (AvgIpc) is 2.25. The number of amides is 2. The van der Waals surface area contributed by atoms with Crippen LogP contribution in [-0.4, -0.2) is 42.4 Å². The van der Waals surface area contributed by atoms with Crippen molar-refractivity contribution in [3.63, 3.8) is 0 Å². The van der Waals surface area contributed by atoms with E-state index in [4.69, 9.17) is 4.74 Å². The fraction of sp³-hybridized carbons (Fsp3) is 0.818. The average molecular weight is 260 g/mol. The molecule has 0 radical (unpaired) electrons. The maximum atomic E-state index is 12.0. The number of thiol groups is 1. The van der Waals surface area contributed by atoms with E-state index < -0.39 is 6.04 Å². The summed E-state index contributed by atoms with van der Waals surface area (Å²) in [7, 11) is 0. The second kappa shape index (κ2) is 6.26. The zero-order valence-corrected chi connectivity index (χ0v) is 11.2. The first-order valence-electron chi connectivity index (χ1n) is 5.74. The van der Waals surface area contributed by atoms with Gasteiger partial charge in [0.25, 0.3) is 0 Å². The summed E-state index contributed by atoms with van der Waals surface area (Å²) in [6.45, 7) is 4.59. The standard InChI is InChI=1S/C11H20N2O3S/c1-8(14)12-9(6-17)10(15)13-11(2)4-3-5-16-7-11/h9,17H,3-7H2,1-2H3,(H,12,14)(H,13,15). The van der Waals surface area contributed by atoms with Crippen molar-refractivity contribution in [1.82, 2.24) is 10.6 Å². The normalized spacial score (nSPS) is 26.1. The van der Waals surface area contributed by atoms with Crippen molar-refractivity contribution >= 4 is 24.4 Å². The van der Waals surface area contributed by atoms with Crippen LogP contribution in [-0.2, 0) is 14.3 Å². The highest BCUT2D eigenvalue weighted by atomic mass is 32.1. The number of ether oxygens (including phenoxy) is 1. The lowest BCUT2D eigenvalue weighted by molar-refractivity contribution is -0.130. The van der Waals surface area contributed by atoms with Crippen LogP contribution in [0.5, 0.6) is 0 Å². The Morgan fingerprint density at radius 2 is 2.24 bits per heavy atom. The van der Waals surface area contributed by atoms with E-state index in [0.717, 1.165) is 19.4 Å². The minimum Gasteiger partial charge on any atom is -0.379 e. The molecule has 0 bridgehead atoms. The first-order valence-corrected chi connectivity index (χ1v) is 6.38. The summed E-state index contributed by atoms with van der Waals surface area (Å²) >= 11 is 4.07. The fourth-order valence-corrected chi connectivity index (χ4v) is 2.11. The second-order valence-corrected chi connectivity index (χ2v) is 5.01. The van der Waals surface area contributed by atoms with Gasteiger partial charge >= 0.3 is 0 Å². The van der Waals surface area contributed by atoms with Crippen molar-refractivity contribution in [2.75, 3.05) is 19.0 Å². The molecule has 98 valence electrons. The lowest BCUT2D eigenvalue weighted by Gasteiger charge is -2.35. The highest BCUT2D eigenvalue weighted by Gasteiger charge is 2.31. The lowest BCUT2D eigenvalue weighted by atomic mass is 9.94. The predicted octanol–water partition coefficient (Wildman–Crippen LogP) is 0.106. The molecule has 0 spiro atoms. The number of carbonyl (C=O) groups is 2. The maximum Gasteiger partial charge on any atom is 0.243 e. The van der Waals surface area contributed by atoms with Crippen LogP contribution in [0.15, 0.2) is 0 Å². The molecule has 5 nitrogen and oxygen atoms in total. The van der Waals surface area contributed by atoms with Crippen molar-refractivity contribution in [1.29, 1.82) is 0 Å². The van der Waals surface area contributed by atoms with Crippen molar-refractivity contribution in [2.24, 2.45) is 0 Å². The molecule has 6 heteroatoms. The number of carbonyl (C=O) groups excluding carboxylic acids is 2. The lowest BCUT2D eigenvalue weighted by Crippen LogP contribution is -2.57. The third-order valence-electron chi connectivity index (χ3n) is 2.74. The third kappa shape index (κ3) is 4.55. The maximum absolute atomic E-state index is 12.0. The number of nitrogens with one attached hydrogen (secondary N) is 2. The zero-order chi connectivity index (χ0) is 12.9. The van der Waals surface area contributed by atoms with E-state index in [1.165, 1.54) is 6.92 Å². The molecule has 0 aliphatic carbocycles. The van der Waals surface area contributed by atoms with Gasteiger partial charge in [-0.25, -0.2) is 0 Å². The van der Waals surface area contributed by atoms with Gasteiger partial charge < -0.3 is 15.4 Å². The van der Waals surface area contributed by atoms with Gasteiger partial charge in [-0.2, -0.15) is 12.6 Å². The van der Waals surface area contributed by atoms with Gasteiger partial charge in [0.05, 0.1) is 12.1 Å². The molecule has 1 aliphatic rings. The molecule has 1 heterocycles. The van der Waals surface area contributed by atoms with Gasteiger partial charge in [0, 0.05) is 19.3 Å². The third-order valence-corrected chi connectivity index (χ3v) is 3.10. The van der Waals surface area contributed by atoms with Gasteiger partial charge in [-0.15, -0.1) is 0 Å². The Bertz CT molecular complexity index is 290. The molecule has 2 unspecified atom stereocenters. The van der Waals surface area contributed by atoms with Crippen LogP contribution in [0.1, 0.15) is 26.7 Å². The molecule has 0 aromatic heterocycles. The summed E-state index contributed by atoms with van der Waals surface area (Å²) < 4.78 is 5.36. The van der Waals surface area contributed by atoms with Crippen LogP contribution in [0, 0.1) is 0 Å². The summed E-state index contributed by atoms with van der Waals surface area (Å²) in [6.07, 6.45) is 1.82. The molecular weight excluding hydrogens is 240 g/mol. The monoisotopic (exact) mass is 260 g/mol. The molecule has 0 aromatic rings. The van der Waals surface area contributed by atoms with Gasteiger partial charge in [-0.1, -0.05) is 0 Å². The van der Waals surface area contributed by atoms with Gasteiger partial charge in [0.1, 0.15) is 6.04 Å². The highest BCUT2D eigenvalue weighted by Crippen LogP contribution is 2.18. The van der Waals surface area contributed by atoms with E-state index in [-0.39, 0.29) is 23.1 Å². The summed E-state index contributed by atoms with van der Waals surface area (Å²) in [5, 5.41) is 5.49. The molecule has 0 saturated carbocycles.